The van der Waals surface area contributed by atoms with Crippen LogP contribution in [0.25, 0.3) is 0 Å². The molecular formula is C26H39NO. The number of hydrogen-bond acceptors (Lipinski definition) is 2. The number of hydrogen-bond donors (Lipinski definition) is 0. The second-order valence-corrected chi connectivity index (χ2v) is 7.88. The first kappa shape index (κ1) is 22.5. The van der Waals surface area contributed by atoms with E-state index in [9.17, 15) is 0 Å². The van der Waals surface area contributed by atoms with Gasteiger partial charge in [-0.1, -0.05) is 77.0 Å². The molecule has 1 aromatic heterocycles. The Kier molecular flexibility index (Phi) is 11.4. The van der Waals surface area contributed by atoms with Crippen molar-refractivity contribution in [2.75, 3.05) is 6.61 Å². The van der Waals surface area contributed by atoms with Gasteiger partial charge < -0.3 is 4.74 Å². The molecule has 2 rings (SSSR count). The van der Waals surface area contributed by atoms with Gasteiger partial charge in [0.1, 0.15) is 5.75 Å². The highest BCUT2D eigenvalue weighted by Crippen LogP contribution is 2.15. The first-order chi connectivity index (χ1) is 13.8. The Labute approximate surface area is 172 Å². The maximum absolute atomic E-state index is 5.79. The van der Waals surface area contributed by atoms with Crippen LogP contribution in [0.5, 0.6) is 5.75 Å². The lowest BCUT2D eigenvalue weighted by Crippen LogP contribution is -1.98. The maximum atomic E-state index is 5.79. The minimum atomic E-state index is 0.822. The number of pyridine rings is 1. The molecular weight excluding hydrogens is 342 g/mol. The maximum Gasteiger partial charge on any atom is 0.119 e. The van der Waals surface area contributed by atoms with Crippen LogP contribution in [0.15, 0.2) is 42.6 Å². The summed E-state index contributed by atoms with van der Waals surface area (Å²) in [5.41, 5.74) is 3.91. The third-order valence-corrected chi connectivity index (χ3v) is 5.31. The van der Waals surface area contributed by atoms with Gasteiger partial charge in [0.25, 0.3) is 0 Å². The third kappa shape index (κ3) is 9.39. The van der Waals surface area contributed by atoms with Crippen molar-refractivity contribution in [1.82, 2.24) is 4.98 Å². The minimum Gasteiger partial charge on any atom is -0.494 e. The van der Waals surface area contributed by atoms with Crippen LogP contribution in [-0.2, 0) is 19.3 Å². The van der Waals surface area contributed by atoms with Crippen molar-refractivity contribution in [2.45, 2.75) is 90.9 Å². The van der Waals surface area contributed by atoms with Crippen molar-refractivity contribution < 1.29 is 4.74 Å². The molecule has 0 N–H and O–H groups in total. The summed E-state index contributed by atoms with van der Waals surface area (Å²) in [6.07, 6.45) is 17.0. The highest BCUT2D eigenvalue weighted by atomic mass is 16.5. The molecule has 0 saturated carbocycles. The zero-order chi connectivity index (χ0) is 19.9. The molecule has 2 aromatic rings. The van der Waals surface area contributed by atoms with Gasteiger partial charge in [-0.05, 0) is 61.4 Å². The van der Waals surface area contributed by atoms with Crippen molar-refractivity contribution in [2.24, 2.45) is 0 Å². The zero-order valence-electron chi connectivity index (χ0n) is 18.1. The molecule has 28 heavy (non-hydrogen) atoms. The number of nitrogens with zero attached hydrogens (tertiary/aromatic N) is 1. The zero-order valence-corrected chi connectivity index (χ0v) is 18.1. The van der Waals surface area contributed by atoms with E-state index in [1.165, 1.54) is 74.6 Å². The van der Waals surface area contributed by atoms with Crippen LogP contribution in [0.2, 0.25) is 0 Å². The van der Waals surface area contributed by atoms with Gasteiger partial charge in [-0.15, -0.1) is 0 Å². The monoisotopic (exact) mass is 381 g/mol. The van der Waals surface area contributed by atoms with Gasteiger partial charge in [0.05, 0.1) is 6.61 Å². The largest absolute Gasteiger partial charge is 0.494 e. The van der Waals surface area contributed by atoms with Gasteiger partial charge >= 0.3 is 0 Å². The van der Waals surface area contributed by atoms with Crippen LogP contribution in [0.4, 0.5) is 0 Å². The van der Waals surface area contributed by atoms with Crippen LogP contribution in [0, 0.1) is 0 Å². The van der Waals surface area contributed by atoms with Gasteiger partial charge in [-0.25, -0.2) is 0 Å². The van der Waals surface area contributed by atoms with Crippen LogP contribution >= 0.6 is 0 Å². The lowest BCUT2D eigenvalue weighted by molar-refractivity contribution is 0.306. The standard InChI is InChI=1S/C26H39NO/c1-3-5-7-8-9-10-12-24-14-18-25(27-22-24)17-13-23-15-19-26(20-16-23)28-21-11-6-4-2/h14-16,18-20,22H,3-13,17,21H2,1-2H3. The normalized spacial score (nSPS) is 10.9. The molecule has 0 radical (unpaired) electrons. The average Bonchev–Trinajstić information content (AvgIpc) is 2.74. The Hall–Kier alpha value is -1.83. The van der Waals surface area contributed by atoms with Gasteiger partial charge in [-0.2, -0.15) is 0 Å². The fourth-order valence-corrected chi connectivity index (χ4v) is 3.43. The summed E-state index contributed by atoms with van der Waals surface area (Å²) in [5, 5.41) is 0. The molecule has 0 aliphatic heterocycles. The highest BCUT2D eigenvalue weighted by Gasteiger charge is 2.01. The molecule has 0 unspecified atom stereocenters. The van der Waals surface area contributed by atoms with Crippen molar-refractivity contribution in [1.29, 1.82) is 0 Å². The van der Waals surface area contributed by atoms with Crippen LogP contribution < -0.4 is 4.74 Å². The van der Waals surface area contributed by atoms with Crippen LogP contribution in [0.1, 0.15) is 88.5 Å². The van der Waals surface area contributed by atoms with Gasteiger partial charge in [0.15, 0.2) is 0 Å². The van der Waals surface area contributed by atoms with E-state index >= 15 is 0 Å². The van der Waals surface area contributed by atoms with E-state index in [0.717, 1.165) is 31.6 Å². The molecule has 154 valence electrons. The molecule has 2 heteroatoms. The summed E-state index contributed by atoms with van der Waals surface area (Å²) < 4.78 is 5.79. The molecule has 0 bridgehead atoms. The van der Waals surface area contributed by atoms with E-state index in [1.54, 1.807) is 0 Å². The molecule has 0 aliphatic rings. The summed E-state index contributed by atoms with van der Waals surface area (Å²) in [4.78, 5) is 4.67. The highest BCUT2D eigenvalue weighted by molar-refractivity contribution is 5.28. The SMILES string of the molecule is CCCCCCCCc1ccc(CCc2ccc(OCCCCC)cc2)nc1. The third-order valence-electron chi connectivity index (χ3n) is 5.31. The number of ether oxygens (including phenoxy) is 1. The quantitative estimate of drug-likeness (QED) is 0.301. The predicted molar refractivity (Wildman–Crippen MR) is 120 cm³/mol. The average molecular weight is 382 g/mol. The van der Waals surface area contributed by atoms with Crippen molar-refractivity contribution in [3.05, 3.63) is 59.4 Å². The Balaban J connectivity index is 1.65. The van der Waals surface area contributed by atoms with Crippen molar-refractivity contribution >= 4 is 0 Å². The fraction of sp³-hybridized carbons (Fsp3) is 0.577. The number of benzene rings is 1. The number of aryl methyl sites for hydroxylation is 3. The van der Waals surface area contributed by atoms with E-state index in [4.69, 9.17) is 4.74 Å². The fourth-order valence-electron chi connectivity index (χ4n) is 3.43. The van der Waals surface area contributed by atoms with E-state index in [2.05, 4.69) is 61.4 Å². The summed E-state index contributed by atoms with van der Waals surface area (Å²) in [6.45, 7) is 5.31. The second kappa shape index (κ2) is 14.2. The topological polar surface area (TPSA) is 22.1 Å². The van der Waals surface area contributed by atoms with E-state index < -0.39 is 0 Å². The summed E-state index contributed by atoms with van der Waals surface area (Å²) in [7, 11) is 0. The summed E-state index contributed by atoms with van der Waals surface area (Å²) >= 11 is 0. The van der Waals surface area contributed by atoms with Crippen LogP contribution in [-0.4, -0.2) is 11.6 Å². The predicted octanol–water partition coefficient (Wildman–Crippen LogP) is 7.34. The minimum absolute atomic E-state index is 0.822. The van der Waals surface area contributed by atoms with Gasteiger partial charge in [0.2, 0.25) is 0 Å². The van der Waals surface area contributed by atoms with E-state index in [0.29, 0.717) is 0 Å². The summed E-state index contributed by atoms with van der Waals surface area (Å²) in [6, 6.07) is 13.0. The van der Waals surface area contributed by atoms with E-state index in [-0.39, 0.29) is 0 Å². The number of unbranched alkanes of at least 4 members (excludes halogenated alkanes) is 7. The van der Waals surface area contributed by atoms with E-state index in [1.807, 2.05) is 0 Å². The smallest absolute Gasteiger partial charge is 0.119 e. The Morgan fingerprint density at radius 2 is 1.32 bits per heavy atom. The van der Waals surface area contributed by atoms with Gasteiger partial charge in [-0.3, -0.25) is 4.98 Å². The molecule has 0 amide bonds. The molecule has 0 aliphatic carbocycles. The Bertz CT molecular complexity index is 618. The molecule has 0 atom stereocenters. The molecule has 1 aromatic carbocycles. The van der Waals surface area contributed by atoms with Crippen LogP contribution in [0.3, 0.4) is 0 Å². The Morgan fingerprint density at radius 3 is 2.04 bits per heavy atom. The lowest BCUT2D eigenvalue weighted by atomic mass is 10.0. The molecule has 0 saturated heterocycles. The summed E-state index contributed by atoms with van der Waals surface area (Å²) in [5.74, 6) is 0.983. The number of rotatable bonds is 15. The molecule has 2 nitrogen and oxygen atoms in total. The molecule has 1 heterocycles. The number of aromatic nitrogens is 1. The Morgan fingerprint density at radius 1 is 0.643 bits per heavy atom. The molecule has 0 fully saturated rings. The lowest BCUT2D eigenvalue weighted by Gasteiger charge is -2.07. The van der Waals surface area contributed by atoms with Gasteiger partial charge in [0, 0.05) is 11.9 Å². The second-order valence-electron chi connectivity index (χ2n) is 7.88. The molecule has 0 spiro atoms. The van der Waals surface area contributed by atoms with Crippen molar-refractivity contribution in [3.63, 3.8) is 0 Å². The first-order valence-electron chi connectivity index (χ1n) is 11.5. The van der Waals surface area contributed by atoms with Crippen molar-refractivity contribution in [3.8, 4) is 5.75 Å². The first-order valence-corrected chi connectivity index (χ1v) is 11.5.